The third-order valence-electron chi connectivity index (χ3n) is 7.72. The van der Waals surface area contributed by atoms with Gasteiger partial charge in [0, 0.05) is 0 Å². The van der Waals surface area contributed by atoms with Crippen molar-refractivity contribution in [2.24, 2.45) is 0 Å². The van der Waals surface area contributed by atoms with Gasteiger partial charge in [-0.25, -0.2) is 0 Å². The molecule has 0 radical (unpaired) electrons. The molecule has 0 aliphatic heterocycles. The quantitative estimate of drug-likeness (QED) is 0.226. The van der Waals surface area contributed by atoms with Gasteiger partial charge in [-0.2, -0.15) is 0 Å². The second kappa shape index (κ2) is 8.07. The molecule has 0 fully saturated rings. The van der Waals surface area contributed by atoms with E-state index in [4.69, 9.17) is 0 Å². The fourth-order valence-corrected chi connectivity index (χ4v) is 6.04. The van der Waals surface area contributed by atoms with E-state index in [0.29, 0.717) is 0 Å². The Labute approximate surface area is 211 Å². The molecule has 0 bridgehead atoms. The maximum Gasteiger partial charge on any atom is -0.00139 e. The molecule has 7 aromatic rings. The van der Waals surface area contributed by atoms with Crippen molar-refractivity contribution >= 4 is 43.1 Å². The van der Waals surface area contributed by atoms with Crippen LogP contribution in [0.15, 0.2) is 121 Å². The van der Waals surface area contributed by atoms with Crippen LogP contribution in [0.5, 0.6) is 0 Å². The molecule has 0 N–H and O–H groups in total. The van der Waals surface area contributed by atoms with Gasteiger partial charge >= 0.3 is 0 Å². The van der Waals surface area contributed by atoms with Crippen molar-refractivity contribution in [3.63, 3.8) is 0 Å². The smallest absolute Gasteiger partial charge is 0.00139 e. The molecule has 0 unspecified atom stereocenters. The Morgan fingerprint density at radius 3 is 1.00 bits per heavy atom. The topological polar surface area (TPSA) is 0 Å². The van der Waals surface area contributed by atoms with Crippen molar-refractivity contribution in [2.75, 3.05) is 0 Å². The lowest BCUT2D eigenvalue weighted by Gasteiger charge is -2.21. The number of benzene rings is 7. The summed E-state index contributed by atoms with van der Waals surface area (Å²) in [6.45, 7) is 4.40. The molecule has 0 heterocycles. The Bertz CT molecular complexity index is 1820. The molecule has 170 valence electrons. The molecule has 7 aromatic carbocycles. The van der Waals surface area contributed by atoms with Crippen LogP contribution >= 0.6 is 0 Å². The fourth-order valence-electron chi connectivity index (χ4n) is 6.04. The van der Waals surface area contributed by atoms with Gasteiger partial charge in [-0.3, -0.25) is 0 Å². The van der Waals surface area contributed by atoms with E-state index in [1.54, 1.807) is 0 Å². The summed E-state index contributed by atoms with van der Waals surface area (Å²) in [7, 11) is 0. The van der Waals surface area contributed by atoms with Gasteiger partial charge in [-0.15, -0.1) is 0 Å². The Morgan fingerprint density at radius 1 is 0.306 bits per heavy atom. The largest absolute Gasteiger partial charge is 0.0616 e. The molecular weight excluding hydrogens is 432 g/mol. The molecule has 0 aliphatic rings. The van der Waals surface area contributed by atoms with E-state index < -0.39 is 0 Å². The van der Waals surface area contributed by atoms with Gasteiger partial charge in [-0.05, 0) is 84.8 Å². The maximum absolute atomic E-state index is 2.30. The molecule has 0 saturated carbocycles. The van der Waals surface area contributed by atoms with E-state index in [1.165, 1.54) is 76.5 Å². The van der Waals surface area contributed by atoms with E-state index in [0.717, 1.165) is 0 Å². The fraction of sp³-hybridized carbons (Fsp3) is 0.0556. The van der Waals surface area contributed by atoms with Crippen molar-refractivity contribution in [1.82, 2.24) is 0 Å². The van der Waals surface area contributed by atoms with Gasteiger partial charge < -0.3 is 0 Å². The molecule has 0 saturated heterocycles. The van der Waals surface area contributed by atoms with Crippen LogP contribution < -0.4 is 0 Å². The summed E-state index contributed by atoms with van der Waals surface area (Å²) in [5, 5.41) is 10.5. The summed E-state index contributed by atoms with van der Waals surface area (Å²) in [5.74, 6) is 0. The van der Waals surface area contributed by atoms with Crippen LogP contribution in [0.25, 0.3) is 65.3 Å². The number of fused-ring (bicyclic) bond motifs is 4. The van der Waals surface area contributed by atoms with Gasteiger partial charge in [0.05, 0.1) is 0 Å². The minimum absolute atomic E-state index is 1.26. The first-order valence-electron chi connectivity index (χ1n) is 12.6. The number of rotatable bonds is 2. The van der Waals surface area contributed by atoms with E-state index in [-0.39, 0.29) is 0 Å². The van der Waals surface area contributed by atoms with Gasteiger partial charge in [0.15, 0.2) is 0 Å². The van der Waals surface area contributed by atoms with Crippen molar-refractivity contribution in [2.45, 2.75) is 13.8 Å². The Hall–Kier alpha value is -4.42. The first-order valence-corrected chi connectivity index (χ1v) is 12.6. The Morgan fingerprint density at radius 2 is 0.611 bits per heavy atom. The highest BCUT2D eigenvalue weighted by Crippen LogP contribution is 2.48. The van der Waals surface area contributed by atoms with Crippen LogP contribution in [0, 0.1) is 13.8 Å². The zero-order chi connectivity index (χ0) is 24.2. The van der Waals surface area contributed by atoms with E-state index in [2.05, 4.69) is 135 Å². The van der Waals surface area contributed by atoms with Crippen molar-refractivity contribution < 1.29 is 0 Å². The monoisotopic (exact) mass is 458 g/mol. The molecule has 0 atom stereocenters. The third-order valence-corrected chi connectivity index (χ3v) is 7.72. The van der Waals surface area contributed by atoms with Crippen LogP contribution in [0.1, 0.15) is 11.1 Å². The zero-order valence-electron chi connectivity index (χ0n) is 20.5. The molecule has 0 spiro atoms. The molecule has 7 rings (SSSR count). The van der Waals surface area contributed by atoms with Crippen LogP contribution in [0.4, 0.5) is 0 Å². The molecule has 0 amide bonds. The second-order valence-corrected chi connectivity index (χ2v) is 9.80. The van der Waals surface area contributed by atoms with Gasteiger partial charge in [-0.1, -0.05) is 127 Å². The Kier molecular flexibility index (Phi) is 4.69. The lowest BCUT2D eigenvalue weighted by molar-refractivity contribution is 1.47. The minimum atomic E-state index is 1.26. The molecule has 0 aromatic heterocycles. The Balaban J connectivity index is 1.75. The minimum Gasteiger partial charge on any atom is -0.0616 e. The van der Waals surface area contributed by atoms with E-state index in [1.807, 2.05) is 0 Å². The SMILES string of the molecule is Cc1ccc(-c2c3ccccc3c(-c3c4ccccc4c(C)c4ccccc34)c3ccccc23)cc1. The standard InChI is InChI=1S/C36H26/c1-23-19-21-25(22-20-23)34-30-15-7-9-17-32(30)36(33-18-10-8-16-31(33)34)35-28-13-5-3-11-26(28)24(2)27-12-4-6-14-29(27)35/h3-22H,1-2H3. The van der Waals surface area contributed by atoms with Gasteiger partial charge in [0.1, 0.15) is 0 Å². The lowest BCUT2D eigenvalue weighted by atomic mass is 9.82. The summed E-state index contributed by atoms with van der Waals surface area (Å²) in [5.41, 5.74) is 7.85. The van der Waals surface area contributed by atoms with Crippen LogP contribution in [0.2, 0.25) is 0 Å². The van der Waals surface area contributed by atoms with Crippen LogP contribution in [-0.4, -0.2) is 0 Å². The zero-order valence-corrected chi connectivity index (χ0v) is 20.5. The number of aryl methyl sites for hydroxylation is 2. The molecule has 36 heavy (non-hydrogen) atoms. The predicted molar refractivity (Wildman–Crippen MR) is 157 cm³/mol. The van der Waals surface area contributed by atoms with Crippen LogP contribution in [-0.2, 0) is 0 Å². The van der Waals surface area contributed by atoms with Crippen molar-refractivity contribution in [1.29, 1.82) is 0 Å². The summed E-state index contributed by atoms with van der Waals surface area (Å²) in [6, 6.07) is 44.6. The highest BCUT2D eigenvalue weighted by Gasteiger charge is 2.20. The molecule has 0 nitrogen and oxygen atoms in total. The third kappa shape index (κ3) is 3.01. The average molecular weight is 459 g/mol. The van der Waals surface area contributed by atoms with Gasteiger partial charge in [0.2, 0.25) is 0 Å². The first-order chi connectivity index (χ1) is 17.7. The first kappa shape index (κ1) is 20.9. The summed E-state index contributed by atoms with van der Waals surface area (Å²) < 4.78 is 0. The number of hydrogen-bond acceptors (Lipinski definition) is 0. The maximum atomic E-state index is 2.30. The average Bonchev–Trinajstić information content (AvgIpc) is 2.93. The predicted octanol–water partition coefficient (Wildman–Crippen LogP) is 10.3. The van der Waals surface area contributed by atoms with Gasteiger partial charge in [0.25, 0.3) is 0 Å². The van der Waals surface area contributed by atoms with Crippen LogP contribution in [0.3, 0.4) is 0 Å². The molecule has 0 aliphatic carbocycles. The number of hydrogen-bond donors (Lipinski definition) is 0. The highest BCUT2D eigenvalue weighted by molar-refractivity contribution is 6.27. The second-order valence-electron chi connectivity index (χ2n) is 9.80. The van der Waals surface area contributed by atoms with Crippen molar-refractivity contribution in [3.05, 3.63) is 132 Å². The lowest BCUT2D eigenvalue weighted by Crippen LogP contribution is -1.94. The van der Waals surface area contributed by atoms with Crippen molar-refractivity contribution in [3.8, 4) is 22.3 Å². The summed E-state index contributed by atoms with van der Waals surface area (Å²) >= 11 is 0. The normalized spacial score (nSPS) is 11.6. The highest BCUT2D eigenvalue weighted by atomic mass is 14.2. The summed E-state index contributed by atoms with van der Waals surface area (Å²) in [6.07, 6.45) is 0. The van der Waals surface area contributed by atoms with E-state index >= 15 is 0 Å². The molecule has 0 heteroatoms. The summed E-state index contributed by atoms with van der Waals surface area (Å²) in [4.78, 5) is 0. The molecular formula is C36H26. The van der Waals surface area contributed by atoms with E-state index in [9.17, 15) is 0 Å².